The average molecular weight is 261 g/mol. The number of nitrogens with two attached hydrogens (primary N) is 1. The number of amides is 2. The van der Waals surface area contributed by atoms with Gasteiger partial charge in [0, 0.05) is 0 Å². The van der Waals surface area contributed by atoms with E-state index >= 15 is 0 Å². The summed E-state index contributed by atoms with van der Waals surface area (Å²) in [6.07, 6.45) is -0.152. The van der Waals surface area contributed by atoms with Crippen molar-refractivity contribution in [3.63, 3.8) is 0 Å². The Morgan fingerprint density at radius 2 is 2.06 bits per heavy atom. The van der Waals surface area contributed by atoms with Crippen LogP contribution in [-0.4, -0.2) is 12.2 Å². The highest BCUT2D eigenvalue weighted by Crippen LogP contribution is 2.33. The van der Waals surface area contributed by atoms with Crippen molar-refractivity contribution in [1.29, 1.82) is 0 Å². The molecule has 86 valence electrons. The van der Waals surface area contributed by atoms with E-state index in [1.54, 1.807) is 6.07 Å². The third kappa shape index (κ3) is 1.89. The van der Waals surface area contributed by atoms with Gasteiger partial charge in [-0.3, -0.25) is 0 Å². The molecule has 1 aliphatic rings. The minimum absolute atomic E-state index is 0.152. The molecule has 1 saturated heterocycles. The molecule has 5 nitrogen and oxygen atoms in total. The van der Waals surface area contributed by atoms with Gasteiger partial charge in [-0.1, -0.05) is 23.2 Å². The summed E-state index contributed by atoms with van der Waals surface area (Å²) >= 11 is 11.8. The molecule has 0 aromatic heterocycles. The summed E-state index contributed by atoms with van der Waals surface area (Å²) in [6.45, 7) is 1.81. The second-order valence-corrected chi connectivity index (χ2v) is 4.28. The molecule has 2 rings (SSSR count). The molecule has 0 saturated carbocycles. The van der Waals surface area contributed by atoms with Crippen LogP contribution in [0.3, 0.4) is 0 Å². The fraction of sp³-hybridized carbons (Fsp3) is 0.222. The van der Waals surface area contributed by atoms with Crippen LogP contribution in [0.15, 0.2) is 12.1 Å². The van der Waals surface area contributed by atoms with Crippen LogP contribution in [0.5, 0.6) is 0 Å². The first-order chi connectivity index (χ1) is 7.49. The number of nitrogen functional groups attached to an aromatic ring is 1. The minimum atomic E-state index is -0.281. The number of rotatable bonds is 1. The number of carbonyl (C=O) groups excluding carboxylic acids is 1. The number of halogens is 2. The number of benzene rings is 1. The Bertz CT molecular complexity index is 451. The summed E-state index contributed by atoms with van der Waals surface area (Å²) in [7, 11) is 0. The molecule has 1 unspecified atom stereocenters. The molecular weight excluding hydrogens is 251 g/mol. The summed E-state index contributed by atoms with van der Waals surface area (Å²) in [4.78, 5) is 11.6. The standard InChI is InChI=1S/C9H10Cl2N4O/c1-4-13-9(16)15(14-4)8-3-7(12)5(10)2-6(8)11/h2-4,14H,12H2,1H3,(H,13,16). The average Bonchev–Trinajstić information content (AvgIpc) is 2.51. The zero-order valence-electron chi connectivity index (χ0n) is 8.42. The molecular formula is C9H10Cl2N4O. The molecule has 4 N–H and O–H groups in total. The summed E-state index contributed by atoms with van der Waals surface area (Å²) in [5.74, 6) is 0. The van der Waals surface area contributed by atoms with Gasteiger partial charge in [0.1, 0.15) is 0 Å². The minimum Gasteiger partial charge on any atom is -0.397 e. The molecule has 1 aliphatic heterocycles. The molecule has 0 spiro atoms. The van der Waals surface area contributed by atoms with E-state index in [4.69, 9.17) is 28.9 Å². The first-order valence-electron chi connectivity index (χ1n) is 4.60. The largest absolute Gasteiger partial charge is 0.397 e. The SMILES string of the molecule is CC1NC(=O)N(c2cc(N)c(Cl)cc2Cl)N1. The van der Waals surface area contributed by atoms with Crippen molar-refractivity contribution in [2.45, 2.75) is 13.1 Å². The Labute approximate surface area is 102 Å². The van der Waals surface area contributed by atoms with Gasteiger partial charge in [0.05, 0.1) is 27.6 Å². The number of nitrogens with zero attached hydrogens (tertiary/aromatic N) is 1. The number of hydrogen-bond acceptors (Lipinski definition) is 3. The van der Waals surface area contributed by atoms with Crippen LogP contribution >= 0.6 is 23.2 Å². The van der Waals surface area contributed by atoms with Crippen molar-refractivity contribution in [1.82, 2.24) is 10.7 Å². The maximum atomic E-state index is 11.6. The van der Waals surface area contributed by atoms with Crippen LogP contribution in [0, 0.1) is 0 Å². The van der Waals surface area contributed by atoms with Crippen LogP contribution in [0.25, 0.3) is 0 Å². The van der Waals surface area contributed by atoms with Gasteiger partial charge in [-0.2, -0.15) is 0 Å². The molecule has 1 fully saturated rings. The summed E-state index contributed by atoms with van der Waals surface area (Å²) in [5.41, 5.74) is 9.41. The van der Waals surface area contributed by atoms with Crippen LogP contribution < -0.4 is 21.5 Å². The fourth-order valence-corrected chi connectivity index (χ4v) is 1.91. The number of hydrazine groups is 1. The van der Waals surface area contributed by atoms with Gasteiger partial charge in [0.25, 0.3) is 0 Å². The van der Waals surface area contributed by atoms with Crippen molar-refractivity contribution in [3.8, 4) is 0 Å². The molecule has 0 radical (unpaired) electrons. The van der Waals surface area contributed by atoms with Crippen molar-refractivity contribution >= 4 is 40.6 Å². The first-order valence-corrected chi connectivity index (χ1v) is 5.36. The number of anilines is 2. The lowest BCUT2D eigenvalue weighted by Gasteiger charge is -2.17. The predicted molar refractivity (Wildman–Crippen MR) is 64.5 cm³/mol. The van der Waals surface area contributed by atoms with Gasteiger partial charge in [-0.05, 0) is 19.1 Å². The number of urea groups is 1. The third-order valence-corrected chi connectivity index (χ3v) is 2.80. The molecule has 7 heteroatoms. The van der Waals surface area contributed by atoms with Gasteiger partial charge >= 0.3 is 6.03 Å². The molecule has 1 atom stereocenters. The van der Waals surface area contributed by atoms with Gasteiger partial charge in [-0.25, -0.2) is 15.2 Å². The molecule has 16 heavy (non-hydrogen) atoms. The van der Waals surface area contributed by atoms with E-state index in [2.05, 4.69) is 10.7 Å². The van der Waals surface area contributed by atoms with Crippen LogP contribution in [0.2, 0.25) is 10.0 Å². The lowest BCUT2D eigenvalue weighted by Crippen LogP contribution is -2.36. The number of nitrogens with one attached hydrogen (secondary N) is 2. The maximum absolute atomic E-state index is 11.6. The topological polar surface area (TPSA) is 70.4 Å². The van der Waals surface area contributed by atoms with Crippen molar-refractivity contribution in [3.05, 3.63) is 22.2 Å². The van der Waals surface area contributed by atoms with Gasteiger partial charge < -0.3 is 11.1 Å². The van der Waals surface area contributed by atoms with Gasteiger partial charge in [0.15, 0.2) is 0 Å². The molecule has 1 heterocycles. The van der Waals surface area contributed by atoms with Crippen LogP contribution in [-0.2, 0) is 0 Å². The highest BCUT2D eigenvalue weighted by atomic mass is 35.5. The monoisotopic (exact) mass is 260 g/mol. The van der Waals surface area contributed by atoms with Crippen LogP contribution in [0.1, 0.15) is 6.92 Å². The second kappa shape index (κ2) is 4.01. The molecule has 1 aromatic carbocycles. The highest BCUT2D eigenvalue weighted by molar-refractivity contribution is 6.38. The normalized spacial score (nSPS) is 20.1. The maximum Gasteiger partial charge on any atom is 0.337 e. The molecule has 0 bridgehead atoms. The van der Waals surface area contributed by atoms with Crippen LogP contribution in [0.4, 0.5) is 16.2 Å². The van der Waals surface area contributed by atoms with E-state index in [9.17, 15) is 4.79 Å². The number of hydrogen-bond donors (Lipinski definition) is 3. The number of carbonyl (C=O) groups is 1. The third-order valence-electron chi connectivity index (χ3n) is 2.17. The highest BCUT2D eigenvalue weighted by Gasteiger charge is 2.28. The Hall–Kier alpha value is -1.17. The molecule has 0 aliphatic carbocycles. The van der Waals surface area contributed by atoms with E-state index in [1.165, 1.54) is 11.1 Å². The Morgan fingerprint density at radius 1 is 1.38 bits per heavy atom. The summed E-state index contributed by atoms with van der Waals surface area (Å²) in [6, 6.07) is 2.78. The van der Waals surface area contributed by atoms with Crippen molar-refractivity contribution in [2.24, 2.45) is 0 Å². The van der Waals surface area contributed by atoms with E-state index in [1.807, 2.05) is 6.92 Å². The second-order valence-electron chi connectivity index (χ2n) is 3.46. The lowest BCUT2D eigenvalue weighted by molar-refractivity contribution is 0.251. The zero-order valence-corrected chi connectivity index (χ0v) is 9.93. The van der Waals surface area contributed by atoms with Gasteiger partial charge in [-0.15, -0.1) is 0 Å². The first kappa shape index (κ1) is 11.3. The zero-order chi connectivity index (χ0) is 11.9. The van der Waals surface area contributed by atoms with E-state index in [0.717, 1.165) is 0 Å². The van der Waals surface area contributed by atoms with Crippen molar-refractivity contribution in [2.75, 3.05) is 10.7 Å². The summed E-state index contributed by atoms with van der Waals surface area (Å²) < 4.78 is 0. The lowest BCUT2D eigenvalue weighted by atomic mass is 10.2. The summed E-state index contributed by atoms with van der Waals surface area (Å²) in [5, 5.41) is 4.70. The Kier molecular flexibility index (Phi) is 2.84. The van der Waals surface area contributed by atoms with E-state index < -0.39 is 0 Å². The Morgan fingerprint density at radius 3 is 2.62 bits per heavy atom. The van der Waals surface area contributed by atoms with Crippen molar-refractivity contribution < 1.29 is 4.79 Å². The van der Waals surface area contributed by atoms with E-state index in [0.29, 0.717) is 21.4 Å². The fourth-order valence-electron chi connectivity index (χ4n) is 1.44. The predicted octanol–water partition coefficient (Wildman–Crippen LogP) is 1.96. The quantitative estimate of drug-likeness (QED) is 0.677. The van der Waals surface area contributed by atoms with Gasteiger partial charge in [0.2, 0.25) is 0 Å². The molecule has 1 aromatic rings. The Balaban J connectivity index is 2.41. The van der Waals surface area contributed by atoms with E-state index in [-0.39, 0.29) is 12.2 Å². The molecule has 2 amide bonds. The smallest absolute Gasteiger partial charge is 0.337 e.